The average molecular weight is 467 g/mol. The molecule has 24 heavy (non-hydrogen) atoms. The first-order valence-corrected chi connectivity index (χ1v) is 9.23. The van der Waals surface area contributed by atoms with Gasteiger partial charge in [-0.25, -0.2) is 9.38 Å². The Morgan fingerprint density at radius 1 is 1.38 bits per heavy atom. The Hall–Kier alpha value is -0.540. The van der Waals surface area contributed by atoms with Crippen LogP contribution in [-0.4, -0.2) is 40.8 Å². The van der Waals surface area contributed by atoms with Gasteiger partial charge in [0.05, 0.1) is 12.1 Å². The second-order valence-corrected chi connectivity index (χ2v) is 7.21. The van der Waals surface area contributed by atoms with Crippen molar-refractivity contribution in [3.63, 3.8) is 0 Å². The summed E-state index contributed by atoms with van der Waals surface area (Å²) in [6.07, 6.45) is 1.87. The SMILES string of the molecule is CCNC(=NCc1ccccc1F)NCC1(O)CCC1SCC.I. The molecule has 0 heterocycles. The first-order valence-electron chi connectivity index (χ1n) is 8.18. The standard InChI is InChI=1S/C17H26FN3OS.HI/c1-3-19-16(20-11-13-7-5-6-8-14(13)18)21-12-17(22)10-9-15(17)23-4-2;/h5-8,15,22H,3-4,9-12H2,1-2H3,(H2,19,20,21);1H. The summed E-state index contributed by atoms with van der Waals surface area (Å²) in [6, 6.07) is 6.65. The molecule has 0 aromatic heterocycles. The second-order valence-electron chi connectivity index (χ2n) is 5.73. The Morgan fingerprint density at radius 2 is 2.12 bits per heavy atom. The van der Waals surface area contributed by atoms with Crippen LogP contribution in [0.2, 0.25) is 0 Å². The minimum Gasteiger partial charge on any atom is -0.387 e. The largest absolute Gasteiger partial charge is 0.387 e. The molecule has 1 saturated carbocycles. The van der Waals surface area contributed by atoms with Gasteiger partial charge in [-0.05, 0) is 31.6 Å². The fourth-order valence-electron chi connectivity index (χ4n) is 2.61. The summed E-state index contributed by atoms with van der Waals surface area (Å²) >= 11 is 1.80. The minimum absolute atomic E-state index is 0. The van der Waals surface area contributed by atoms with Crippen molar-refractivity contribution in [2.45, 2.75) is 44.1 Å². The van der Waals surface area contributed by atoms with Crippen LogP contribution in [0.5, 0.6) is 0 Å². The zero-order valence-corrected chi connectivity index (χ0v) is 17.4. The van der Waals surface area contributed by atoms with Gasteiger partial charge in [0, 0.05) is 23.9 Å². The quantitative estimate of drug-likeness (QED) is 0.328. The highest BCUT2D eigenvalue weighted by Crippen LogP contribution is 2.40. The molecule has 1 aliphatic carbocycles. The van der Waals surface area contributed by atoms with Crippen LogP contribution in [-0.2, 0) is 6.54 Å². The Labute approximate surface area is 165 Å². The molecule has 4 nitrogen and oxygen atoms in total. The zero-order chi connectivity index (χ0) is 16.7. The lowest BCUT2D eigenvalue weighted by molar-refractivity contribution is -0.0198. The number of hydrogen-bond donors (Lipinski definition) is 3. The van der Waals surface area contributed by atoms with Crippen LogP contribution >= 0.6 is 35.7 Å². The summed E-state index contributed by atoms with van der Waals surface area (Å²) in [4.78, 5) is 4.41. The van der Waals surface area contributed by atoms with Crippen LogP contribution in [0, 0.1) is 5.82 Å². The van der Waals surface area contributed by atoms with Crippen LogP contribution in [0.15, 0.2) is 29.3 Å². The van der Waals surface area contributed by atoms with E-state index >= 15 is 0 Å². The number of aliphatic imine (C=N–C) groups is 1. The molecule has 1 fully saturated rings. The molecule has 2 atom stereocenters. The smallest absolute Gasteiger partial charge is 0.191 e. The van der Waals surface area contributed by atoms with Gasteiger partial charge in [0.15, 0.2) is 5.96 Å². The highest BCUT2D eigenvalue weighted by molar-refractivity contribution is 14.0. The third kappa shape index (κ3) is 5.77. The van der Waals surface area contributed by atoms with Crippen molar-refractivity contribution in [1.82, 2.24) is 10.6 Å². The third-order valence-corrected chi connectivity index (χ3v) is 5.49. The van der Waals surface area contributed by atoms with Crippen molar-refractivity contribution < 1.29 is 9.50 Å². The van der Waals surface area contributed by atoms with E-state index in [4.69, 9.17) is 0 Å². The molecule has 1 aromatic carbocycles. The number of rotatable bonds is 7. The molecule has 2 rings (SSSR count). The van der Waals surface area contributed by atoms with E-state index in [9.17, 15) is 9.50 Å². The number of guanidine groups is 1. The molecular formula is C17H27FIN3OS. The maximum Gasteiger partial charge on any atom is 0.191 e. The van der Waals surface area contributed by atoms with E-state index in [0.717, 1.165) is 18.6 Å². The van der Waals surface area contributed by atoms with Gasteiger partial charge >= 0.3 is 0 Å². The predicted octanol–water partition coefficient (Wildman–Crippen LogP) is 3.15. The topological polar surface area (TPSA) is 56.7 Å². The van der Waals surface area contributed by atoms with Crippen molar-refractivity contribution in [3.8, 4) is 0 Å². The molecule has 0 saturated heterocycles. The highest BCUT2D eigenvalue weighted by atomic mass is 127. The Kier molecular flexibility index (Phi) is 9.36. The number of benzene rings is 1. The van der Waals surface area contributed by atoms with Crippen LogP contribution in [0.25, 0.3) is 0 Å². The summed E-state index contributed by atoms with van der Waals surface area (Å²) in [5.41, 5.74) is -0.110. The van der Waals surface area contributed by atoms with Gasteiger partial charge < -0.3 is 15.7 Å². The fourth-order valence-corrected chi connectivity index (χ4v) is 3.80. The van der Waals surface area contributed by atoms with Gasteiger partial charge in [-0.15, -0.1) is 24.0 Å². The Morgan fingerprint density at radius 3 is 2.71 bits per heavy atom. The van der Waals surface area contributed by atoms with Crippen molar-refractivity contribution in [3.05, 3.63) is 35.6 Å². The van der Waals surface area contributed by atoms with Gasteiger partial charge in [0.25, 0.3) is 0 Å². The van der Waals surface area contributed by atoms with Gasteiger partial charge in [-0.1, -0.05) is 25.1 Å². The van der Waals surface area contributed by atoms with Gasteiger partial charge in [-0.2, -0.15) is 11.8 Å². The molecule has 3 N–H and O–H groups in total. The van der Waals surface area contributed by atoms with E-state index in [1.54, 1.807) is 30.0 Å². The lowest BCUT2D eigenvalue weighted by atomic mass is 9.79. The summed E-state index contributed by atoms with van der Waals surface area (Å²) in [7, 11) is 0. The van der Waals surface area contributed by atoms with E-state index in [1.165, 1.54) is 6.07 Å². The van der Waals surface area contributed by atoms with E-state index in [2.05, 4.69) is 22.5 Å². The lowest BCUT2D eigenvalue weighted by Crippen LogP contribution is -2.58. The number of nitrogens with one attached hydrogen (secondary N) is 2. The maximum absolute atomic E-state index is 13.6. The summed E-state index contributed by atoms with van der Waals surface area (Å²) < 4.78 is 13.6. The fraction of sp³-hybridized carbons (Fsp3) is 0.588. The first kappa shape index (κ1) is 21.5. The number of halogens is 2. The first-order chi connectivity index (χ1) is 11.1. The highest BCUT2D eigenvalue weighted by Gasteiger charge is 2.45. The number of thioether (sulfide) groups is 1. The van der Waals surface area contributed by atoms with Crippen molar-refractivity contribution in [2.24, 2.45) is 4.99 Å². The zero-order valence-electron chi connectivity index (χ0n) is 14.2. The van der Waals surface area contributed by atoms with Crippen LogP contribution in [0.4, 0.5) is 4.39 Å². The third-order valence-electron chi connectivity index (χ3n) is 4.08. The molecule has 0 spiro atoms. The van der Waals surface area contributed by atoms with E-state index in [1.807, 2.05) is 6.92 Å². The van der Waals surface area contributed by atoms with Gasteiger partial charge in [0.2, 0.25) is 0 Å². The normalized spacial score (nSPS) is 23.2. The molecule has 0 amide bonds. The number of nitrogens with zero attached hydrogens (tertiary/aromatic N) is 1. The summed E-state index contributed by atoms with van der Waals surface area (Å²) in [5, 5.41) is 17.2. The van der Waals surface area contributed by atoms with E-state index in [-0.39, 0.29) is 41.6 Å². The maximum atomic E-state index is 13.6. The van der Waals surface area contributed by atoms with Gasteiger partial charge in [0.1, 0.15) is 5.82 Å². The Balaban J connectivity index is 0.00000288. The summed E-state index contributed by atoms with van der Waals surface area (Å²) in [5.74, 6) is 1.37. The molecule has 1 aliphatic rings. The van der Waals surface area contributed by atoms with Crippen LogP contribution in [0.1, 0.15) is 32.3 Å². The van der Waals surface area contributed by atoms with E-state index < -0.39 is 5.60 Å². The summed E-state index contributed by atoms with van der Waals surface area (Å²) in [6.45, 7) is 5.54. The minimum atomic E-state index is -0.672. The lowest BCUT2D eigenvalue weighted by Gasteiger charge is -2.45. The molecule has 2 unspecified atom stereocenters. The van der Waals surface area contributed by atoms with Crippen molar-refractivity contribution in [2.75, 3.05) is 18.8 Å². The molecule has 1 aromatic rings. The van der Waals surface area contributed by atoms with Crippen molar-refractivity contribution in [1.29, 1.82) is 0 Å². The predicted molar refractivity (Wildman–Crippen MR) is 111 cm³/mol. The second kappa shape index (κ2) is 10.5. The molecule has 7 heteroatoms. The van der Waals surface area contributed by atoms with E-state index in [0.29, 0.717) is 24.6 Å². The molecule has 0 bridgehead atoms. The number of aliphatic hydroxyl groups is 1. The average Bonchev–Trinajstić information content (AvgIpc) is 2.55. The monoisotopic (exact) mass is 467 g/mol. The van der Waals surface area contributed by atoms with Gasteiger partial charge in [-0.3, -0.25) is 0 Å². The Bertz CT molecular complexity index is 546. The van der Waals surface area contributed by atoms with Crippen LogP contribution < -0.4 is 10.6 Å². The molecule has 0 aliphatic heterocycles. The molecule has 0 radical (unpaired) electrons. The molecular weight excluding hydrogens is 440 g/mol. The molecule has 136 valence electrons. The van der Waals surface area contributed by atoms with Crippen LogP contribution in [0.3, 0.4) is 0 Å². The number of hydrogen-bond acceptors (Lipinski definition) is 3. The van der Waals surface area contributed by atoms with Crippen molar-refractivity contribution >= 4 is 41.7 Å².